The minimum atomic E-state index is -3.52. The van der Waals surface area contributed by atoms with Crippen LogP contribution in [0.4, 0.5) is 0 Å². The summed E-state index contributed by atoms with van der Waals surface area (Å²) >= 11 is 0. The first-order valence-electron chi connectivity index (χ1n) is 4.47. The van der Waals surface area contributed by atoms with Gasteiger partial charge < -0.3 is 5.73 Å². The lowest BCUT2D eigenvalue weighted by Gasteiger charge is -2.16. The summed E-state index contributed by atoms with van der Waals surface area (Å²) in [5.74, 6) is -0.219. The summed E-state index contributed by atoms with van der Waals surface area (Å²) < 4.78 is 47.0. The molecule has 0 bridgehead atoms. The predicted octanol–water partition coefficient (Wildman–Crippen LogP) is -1.31. The standard InChI is InChI=1S/C7H18N2O4S2/c1-6(5-14(3,10)11)9-15(12,13)7(2)4-8/h6-7,9H,4-5,8H2,1-3H3. The van der Waals surface area contributed by atoms with Crippen molar-refractivity contribution in [3.8, 4) is 0 Å². The average Bonchev–Trinajstić information content (AvgIpc) is 1.97. The van der Waals surface area contributed by atoms with Crippen molar-refractivity contribution in [1.82, 2.24) is 4.72 Å². The molecule has 0 radical (unpaired) electrons. The molecule has 3 N–H and O–H groups in total. The monoisotopic (exact) mass is 258 g/mol. The van der Waals surface area contributed by atoms with Gasteiger partial charge in [-0.15, -0.1) is 0 Å². The molecule has 0 saturated carbocycles. The second kappa shape index (κ2) is 5.24. The fourth-order valence-corrected chi connectivity index (χ4v) is 3.24. The fourth-order valence-electron chi connectivity index (χ4n) is 1.01. The van der Waals surface area contributed by atoms with Gasteiger partial charge in [0.25, 0.3) is 0 Å². The molecule has 15 heavy (non-hydrogen) atoms. The molecule has 0 aliphatic rings. The lowest BCUT2D eigenvalue weighted by molar-refractivity contribution is 0.554. The third-order valence-electron chi connectivity index (χ3n) is 1.78. The summed E-state index contributed by atoms with van der Waals surface area (Å²) in [6.45, 7) is 2.97. The Hall–Kier alpha value is -0.180. The van der Waals surface area contributed by atoms with E-state index in [-0.39, 0.29) is 12.3 Å². The maximum absolute atomic E-state index is 11.5. The Balaban J connectivity index is 4.49. The molecule has 0 aromatic rings. The van der Waals surface area contributed by atoms with Crippen LogP contribution in [0.2, 0.25) is 0 Å². The van der Waals surface area contributed by atoms with Crippen LogP contribution in [-0.2, 0) is 19.9 Å². The number of sulfonamides is 1. The first-order chi connectivity index (χ1) is 6.58. The van der Waals surface area contributed by atoms with Gasteiger partial charge in [0.15, 0.2) is 0 Å². The van der Waals surface area contributed by atoms with Crippen LogP contribution in [0.25, 0.3) is 0 Å². The normalized spacial score (nSPS) is 17.3. The summed E-state index contributed by atoms with van der Waals surface area (Å²) in [4.78, 5) is 0. The molecule has 0 fully saturated rings. The van der Waals surface area contributed by atoms with Gasteiger partial charge in [0.1, 0.15) is 9.84 Å². The smallest absolute Gasteiger partial charge is 0.215 e. The van der Waals surface area contributed by atoms with Crippen molar-refractivity contribution in [2.24, 2.45) is 5.73 Å². The van der Waals surface area contributed by atoms with Crippen LogP contribution >= 0.6 is 0 Å². The Morgan fingerprint density at radius 1 is 1.20 bits per heavy atom. The summed E-state index contributed by atoms with van der Waals surface area (Å²) in [6.07, 6.45) is 1.06. The highest BCUT2D eigenvalue weighted by atomic mass is 32.2. The quantitative estimate of drug-likeness (QED) is 0.615. The second-order valence-corrected chi connectivity index (χ2v) is 8.02. The van der Waals surface area contributed by atoms with Crippen LogP contribution in [0.1, 0.15) is 13.8 Å². The van der Waals surface area contributed by atoms with E-state index in [1.54, 1.807) is 0 Å². The molecule has 0 aliphatic heterocycles. The van der Waals surface area contributed by atoms with Crippen molar-refractivity contribution in [2.75, 3.05) is 18.6 Å². The van der Waals surface area contributed by atoms with E-state index in [0.29, 0.717) is 0 Å². The number of hydrogen-bond donors (Lipinski definition) is 2. The molecule has 0 saturated heterocycles. The second-order valence-electron chi connectivity index (χ2n) is 3.70. The highest BCUT2D eigenvalue weighted by molar-refractivity contribution is 7.91. The van der Waals surface area contributed by atoms with E-state index in [1.807, 2.05) is 0 Å². The molecule has 2 unspecified atom stereocenters. The van der Waals surface area contributed by atoms with Gasteiger partial charge in [-0.3, -0.25) is 0 Å². The van der Waals surface area contributed by atoms with Crippen LogP contribution < -0.4 is 10.5 Å². The minimum absolute atomic E-state index is 0.000921. The Bertz CT molecular complexity index is 387. The van der Waals surface area contributed by atoms with Gasteiger partial charge in [-0.25, -0.2) is 21.6 Å². The summed E-state index contributed by atoms with van der Waals surface area (Å²) in [7, 11) is -6.71. The van der Waals surface area contributed by atoms with E-state index in [2.05, 4.69) is 4.72 Å². The van der Waals surface area contributed by atoms with Crippen molar-refractivity contribution < 1.29 is 16.8 Å². The molecule has 0 aromatic carbocycles. The molecule has 0 aliphatic carbocycles. The van der Waals surface area contributed by atoms with Gasteiger partial charge in [0.05, 0.1) is 11.0 Å². The van der Waals surface area contributed by atoms with Crippen LogP contribution in [0.15, 0.2) is 0 Å². The van der Waals surface area contributed by atoms with Gasteiger partial charge in [0, 0.05) is 18.8 Å². The summed E-state index contributed by atoms with van der Waals surface area (Å²) in [6, 6.07) is -0.640. The van der Waals surface area contributed by atoms with E-state index >= 15 is 0 Å². The molecule has 2 atom stereocenters. The Morgan fingerprint density at radius 3 is 2.00 bits per heavy atom. The van der Waals surface area contributed by atoms with Crippen molar-refractivity contribution >= 4 is 19.9 Å². The Labute approximate surface area is 91.2 Å². The van der Waals surface area contributed by atoms with Crippen molar-refractivity contribution in [3.05, 3.63) is 0 Å². The predicted molar refractivity (Wildman–Crippen MR) is 59.7 cm³/mol. The molecule has 8 heteroatoms. The molecule has 6 nitrogen and oxygen atoms in total. The van der Waals surface area contributed by atoms with Crippen LogP contribution in [0.5, 0.6) is 0 Å². The minimum Gasteiger partial charge on any atom is -0.329 e. The SMILES string of the molecule is CC(CS(C)(=O)=O)NS(=O)(=O)C(C)CN. The largest absolute Gasteiger partial charge is 0.329 e. The Morgan fingerprint density at radius 2 is 1.67 bits per heavy atom. The summed E-state index contributed by atoms with van der Waals surface area (Å²) in [5.41, 5.74) is 5.22. The molecule has 0 aromatic heterocycles. The van der Waals surface area contributed by atoms with Crippen molar-refractivity contribution in [1.29, 1.82) is 0 Å². The Kier molecular flexibility index (Phi) is 5.18. The number of sulfone groups is 1. The zero-order chi connectivity index (χ0) is 12.3. The summed E-state index contributed by atoms with van der Waals surface area (Å²) in [5, 5.41) is -0.723. The molecule has 0 heterocycles. The van der Waals surface area contributed by atoms with Gasteiger partial charge in [0.2, 0.25) is 10.0 Å². The van der Waals surface area contributed by atoms with E-state index in [4.69, 9.17) is 5.73 Å². The zero-order valence-electron chi connectivity index (χ0n) is 9.10. The third-order valence-corrected chi connectivity index (χ3v) is 4.87. The van der Waals surface area contributed by atoms with Crippen molar-refractivity contribution in [2.45, 2.75) is 25.1 Å². The van der Waals surface area contributed by atoms with E-state index in [1.165, 1.54) is 13.8 Å². The first-order valence-corrected chi connectivity index (χ1v) is 8.08. The lowest BCUT2D eigenvalue weighted by atomic mass is 10.4. The fraction of sp³-hybridized carbons (Fsp3) is 1.00. The van der Waals surface area contributed by atoms with Gasteiger partial charge >= 0.3 is 0 Å². The van der Waals surface area contributed by atoms with Gasteiger partial charge in [-0.1, -0.05) is 0 Å². The van der Waals surface area contributed by atoms with Crippen LogP contribution in [0, 0.1) is 0 Å². The molecular weight excluding hydrogens is 240 g/mol. The number of hydrogen-bond acceptors (Lipinski definition) is 5. The van der Waals surface area contributed by atoms with Gasteiger partial charge in [-0.2, -0.15) is 0 Å². The lowest BCUT2D eigenvalue weighted by Crippen LogP contribution is -2.43. The van der Waals surface area contributed by atoms with Gasteiger partial charge in [-0.05, 0) is 13.8 Å². The van der Waals surface area contributed by atoms with E-state index in [0.717, 1.165) is 6.26 Å². The maximum atomic E-state index is 11.5. The number of rotatable bonds is 6. The zero-order valence-corrected chi connectivity index (χ0v) is 10.7. The number of nitrogens with two attached hydrogens (primary N) is 1. The average molecular weight is 258 g/mol. The number of nitrogens with one attached hydrogen (secondary N) is 1. The van der Waals surface area contributed by atoms with Crippen molar-refractivity contribution in [3.63, 3.8) is 0 Å². The molecule has 92 valence electrons. The topological polar surface area (TPSA) is 106 Å². The molecular formula is C7H18N2O4S2. The molecule has 0 rings (SSSR count). The molecule has 0 amide bonds. The highest BCUT2D eigenvalue weighted by Gasteiger charge is 2.22. The highest BCUT2D eigenvalue weighted by Crippen LogP contribution is 1.99. The van der Waals surface area contributed by atoms with Crippen LogP contribution in [-0.4, -0.2) is 46.7 Å². The van der Waals surface area contributed by atoms with E-state index in [9.17, 15) is 16.8 Å². The van der Waals surface area contributed by atoms with Crippen LogP contribution in [0.3, 0.4) is 0 Å². The van der Waals surface area contributed by atoms with E-state index < -0.39 is 31.2 Å². The third kappa shape index (κ3) is 6.08. The maximum Gasteiger partial charge on any atom is 0.215 e. The first kappa shape index (κ1) is 14.8. The molecule has 0 spiro atoms.